The Morgan fingerprint density at radius 3 is 2.56 bits per heavy atom. The first kappa shape index (κ1) is 21.4. The van der Waals surface area contributed by atoms with Crippen LogP contribution < -0.4 is 4.90 Å². The molecular weight excluding hydrogens is 429 g/mol. The van der Waals surface area contributed by atoms with Crippen LogP contribution in [0.1, 0.15) is 66.9 Å². The van der Waals surface area contributed by atoms with Gasteiger partial charge in [-0.05, 0) is 69.2 Å². The van der Waals surface area contributed by atoms with Gasteiger partial charge in [0.1, 0.15) is 23.3 Å². The smallest absolute Gasteiger partial charge is 0.145 e. The number of rotatable bonds is 6. The predicted octanol–water partition coefficient (Wildman–Crippen LogP) is 6.25. The van der Waals surface area contributed by atoms with Crippen LogP contribution in [-0.4, -0.2) is 23.3 Å². The molecule has 2 saturated heterocycles. The predicted molar refractivity (Wildman–Crippen MR) is 127 cm³/mol. The Hall–Kier alpha value is -3.17. The van der Waals surface area contributed by atoms with Crippen LogP contribution in [0.2, 0.25) is 0 Å². The second-order valence-corrected chi connectivity index (χ2v) is 9.94. The molecule has 1 saturated carbocycles. The van der Waals surface area contributed by atoms with Crippen molar-refractivity contribution in [1.82, 2.24) is 5.16 Å². The summed E-state index contributed by atoms with van der Waals surface area (Å²) in [4.78, 5) is 2.35. The van der Waals surface area contributed by atoms with E-state index < -0.39 is 5.82 Å². The highest BCUT2D eigenvalue weighted by Gasteiger charge is 2.42. The van der Waals surface area contributed by atoms with Gasteiger partial charge in [0.05, 0.1) is 18.3 Å². The molecule has 2 aliphatic heterocycles. The summed E-state index contributed by atoms with van der Waals surface area (Å²) < 4.78 is 26.6. The van der Waals surface area contributed by atoms with E-state index in [2.05, 4.69) is 29.1 Å². The van der Waals surface area contributed by atoms with E-state index in [1.54, 1.807) is 6.07 Å². The minimum atomic E-state index is -0.443. The van der Waals surface area contributed by atoms with Gasteiger partial charge in [-0.1, -0.05) is 29.4 Å². The van der Waals surface area contributed by atoms with E-state index in [-0.39, 0.29) is 11.7 Å². The fourth-order valence-corrected chi connectivity index (χ4v) is 5.82. The second-order valence-electron chi connectivity index (χ2n) is 9.94. The summed E-state index contributed by atoms with van der Waals surface area (Å²) in [6.07, 6.45) is 6.47. The van der Waals surface area contributed by atoms with Crippen molar-refractivity contribution in [3.05, 3.63) is 70.7 Å². The molecule has 0 N–H and O–H groups in total. The normalized spacial score (nSPS) is 23.8. The van der Waals surface area contributed by atoms with Crippen molar-refractivity contribution in [2.75, 3.05) is 4.90 Å². The third-order valence-corrected chi connectivity index (χ3v) is 7.69. The van der Waals surface area contributed by atoms with E-state index in [1.165, 1.54) is 11.6 Å². The van der Waals surface area contributed by atoms with E-state index in [0.717, 1.165) is 66.8 Å². The zero-order chi connectivity index (χ0) is 23.2. The number of halogens is 1. The van der Waals surface area contributed by atoms with Crippen LogP contribution in [0, 0.1) is 24.1 Å². The molecule has 3 fully saturated rings. The van der Waals surface area contributed by atoms with Gasteiger partial charge in [0.2, 0.25) is 0 Å². The van der Waals surface area contributed by atoms with Gasteiger partial charge in [-0.3, -0.25) is 0 Å². The summed E-state index contributed by atoms with van der Waals surface area (Å²) in [5.41, 5.74) is 5.27. The average Bonchev–Trinajstić information content (AvgIpc) is 3.54. The molecule has 1 unspecified atom stereocenters. The molecule has 3 heterocycles. The Morgan fingerprint density at radius 1 is 1.12 bits per heavy atom. The fourth-order valence-electron chi connectivity index (χ4n) is 5.82. The number of hydrogen-bond donors (Lipinski definition) is 0. The molecule has 5 nitrogen and oxygen atoms in total. The third-order valence-electron chi connectivity index (χ3n) is 7.69. The van der Waals surface area contributed by atoms with Crippen molar-refractivity contribution in [1.29, 1.82) is 5.26 Å². The average molecular weight is 458 g/mol. The molecule has 0 amide bonds. The number of aryl methyl sites for hydroxylation is 1. The Bertz CT molecular complexity index is 1240. The lowest BCUT2D eigenvalue weighted by Crippen LogP contribution is -2.45. The van der Waals surface area contributed by atoms with Crippen molar-refractivity contribution < 1.29 is 13.7 Å². The van der Waals surface area contributed by atoms with Gasteiger partial charge in [0, 0.05) is 34.8 Å². The van der Waals surface area contributed by atoms with Crippen LogP contribution in [0.25, 0.3) is 11.3 Å². The quantitative estimate of drug-likeness (QED) is 0.437. The Labute approximate surface area is 199 Å². The highest BCUT2D eigenvalue weighted by Crippen LogP contribution is 2.45. The number of hydrogen-bond acceptors (Lipinski definition) is 5. The first-order valence-electron chi connectivity index (χ1n) is 12.3. The molecule has 0 radical (unpaired) electrons. The molecule has 2 aromatic carbocycles. The van der Waals surface area contributed by atoms with Crippen LogP contribution in [0.15, 0.2) is 47.0 Å². The monoisotopic (exact) mass is 457 g/mol. The number of ether oxygens (including phenoxy) is 1. The van der Waals surface area contributed by atoms with Crippen LogP contribution in [0.3, 0.4) is 0 Å². The van der Waals surface area contributed by atoms with Crippen LogP contribution in [0.5, 0.6) is 0 Å². The van der Waals surface area contributed by atoms with Crippen LogP contribution in [0.4, 0.5) is 10.1 Å². The van der Waals surface area contributed by atoms with Crippen molar-refractivity contribution in [2.24, 2.45) is 0 Å². The van der Waals surface area contributed by atoms with E-state index in [1.807, 2.05) is 24.3 Å². The van der Waals surface area contributed by atoms with Gasteiger partial charge in [0.15, 0.2) is 0 Å². The van der Waals surface area contributed by atoms with Crippen molar-refractivity contribution in [3.63, 3.8) is 0 Å². The maximum absolute atomic E-state index is 14.3. The molecule has 3 atom stereocenters. The van der Waals surface area contributed by atoms with E-state index >= 15 is 0 Å². The van der Waals surface area contributed by atoms with E-state index in [0.29, 0.717) is 24.6 Å². The number of anilines is 1. The molecule has 3 aliphatic rings. The van der Waals surface area contributed by atoms with Crippen molar-refractivity contribution in [2.45, 2.75) is 76.2 Å². The van der Waals surface area contributed by atoms with Crippen LogP contribution >= 0.6 is 0 Å². The van der Waals surface area contributed by atoms with Gasteiger partial charge < -0.3 is 14.2 Å². The van der Waals surface area contributed by atoms with Gasteiger partial charge in [-0.2, -0.15) is 5.26 Å². The lowest BCUT2D eigenvalue weighted by Gasteiger charge is -2.40. The maximum atomic E-state index is 14.3. The van der Waals surface area contributed by atoms with Crippen LogP contribution in [-0.2, 0) is 11.3 Å². The molecule has 6 rings (SSSR count). The summed E-state index contributed by atoms with van der Waals surface area (Å²) in [6.45, 7) is 2.61. The summed E-state index contributed by atoms with van der Waals surface area (Å²) >= 11 is 0. The third kappa shape index (κ3) is 3.78. The zero-order valence-corrected chi connectivity index (χ0v) is 19.3. The van der Waals surface area contributed by atoms with Gasteiger partial charge in [-0.25, -0.2) is 4.39 Å². The molecule has 34 heavy (non-hydrogen) atoms. The number of nitriles is 1. The van der Waals surface area contributed by atoms with Crippen molar-refractivity contribution in [3.8, 4) is 17.3 Å². The molecule has 1 aliphatic carbocycles. The highest BCUT2D eigenvalue weighted by atomic mass is 19.1. The molecule has 1 aromatic heterocycles. The molecule has 2 bridgehead atoms. The minimum Gasteiger partial charge on any atom is -0.373 e. The summed E-state index contributed by atoms with van der Waals surface area (Å²) in [5, 5.41) is 13.5. The largest absolute Gasteiger partial charge is 0.373 e. The van der Waals surface area contributed by atoms with Gasteiger partial charge in [0.25, 0.3) is 0 Å². The lowest BCUT2D eigenvalue weighted by molar-refractivity contribution is 0.0147. The standard InChI is InChI=1S/C28H28FN3O2/c1-17-4-2-3-5-24(17)27-25(28(34-31-27)18-6-7-18)16-33-23-12-20-10-11-21(13-23)32(20)22-9-8-19(15-30)26(29)14-22/h2-5,8-9,14,18,20-21,23H,6-7,10-13,16H2,1H3/t20-,21+,23?. The number of fused-ring (bicyclic) bond motifs is 2. The maximum Gasteiger partial charge on any atom is 0.145 e. The molecule has 0 spiro atoms. The number of benzene rings is 2. The molecule has 6 heteroatoms. The highest BCUT2D eigenvalue weighted by molar-refractivity contribution is 5.67. The minimum absolute atomic E-state index is 0.0963. The first-order valence-corrected chi connectivity index (χ1v) is 12.3. The second kappa shape index (κ2) is 8.56. The molecule has 174 valence electrons. The summed E-state index contributed by atoms with van der Waals surface area (Å²) in [6, 6.07) is 15.8. The topological polar surface area (TPSA) is 62.3 Å². The summed E-state index contributed by atoms with van der Waals surface area (Å²) in [5.74, 6) is 1.02. The fraction of sp³-hybridized carbons (Fsp3) is 0.429. The molecular formula is C28H28FN3O2. The van der Waals surface area contributed by atoms with E-state index in [4.69, 9.17) is 14.5 Å². The number of piperidine rings is 1. The van der Waals surface area contributed by atoms with Gasteiger partial charge >= 0.3 is 0 Å². The van der Waals surface area contributed by atoms with Gasteiger partial charge in [-0.15, -0.1) is 0 Å². The number of nitrogens with zero attached hydrogens (tertiary/aromatic N) is 3. The number of aromatic nitrogens is 1. The lowest BCUT2D eigenvalue weighted by atomic mass is 9.98. The Balaban J connectivity index is 1.19. The molecule has 3 aromatic rings. The van der Waals surface area contributed by atoms with E-state index in [9.17, 15) is 4.39 Å². The first-order chi connectivity index (χ1) is 16.6. The Kier molecular flexibility index (Phi) is 5.38. The summed E-state index contributed by atoms with van der Waals surface area (Å²) in [7, 11) is 0. The Morgan fingerprint density at radius 2 is 1.88 bits per heavy atom. The SMILES string of the molecule is Cc1ccccc1-c1noc(C2CC2)c1COC1C[C@H]2CC[C@@H](C1)N2c1ccc(C#N)c(F)c1. The zero-order valence-electron chi connectivity index (χ0n) is 19.3. The van der Waals surface area contributed by atoms with Crippen molar-refractivity contribution >= 4 is 5.69 Å².